The summed E-state index contributed by atoms with van der Waals surface area (Å²) in [4.78, 5) is 12.1. The Hall–Kier alpha value is -1.39. The quantitative estimate of drug-likeness (QED) is 0.756. The second kappa shape index (κ2) is 8.30. The highest BCUT2D eigenvalue weighted by atomic mass is 16.3. The Kier molecular flexibility index (Phi) is 6.40. The molecule has 2 unspecified atom stereocenters. The molecular formula is C18H28N2O2. The molecule has 1 fully saturated rings. The summed E-state index contributed by atoms with van der Waals surface area (Å²) in [6, 6.07) is 7.73. The predicted octanol–water partition coefficient (Wildman–Crippen LogP) is 2.38. The van der Waals surface area contributed by atoms with E-state index in [1.807, 2.05) is 24.3 Å². The maximum atomic E-state index is 12.1. The van der Waals surface area contributed by atoms with Crippen LogP contribution in [0, 0.1) is 11.8 Å². The van der Waals surface area contributed by atoms with E-state index in [1.165, 1.54) is 12.8 Å². The molecule has 0 spiro atoms. The first-order valence-corrected chi connectivity index (χ1v) is 8.30. The molecule has 1 aliphatic heterocycles. The van der Waals surface area contributed by atoms with Crippen LogP contribution in [-0.2, 0) is 11.3 Å². The van der Waals surface area contributed by atoms with Crippen molar-refractivity contribution in [2.75, 3.05) is 13.1 Å². The Bertz CT molecular complexity index is 464. The number of benzene rings is 1. The van der Waals surface area contributed by atoms with Crippen molar-refractivity contribution < 1.29 is 9.90 Å². The summed E-state index contributed by atoms with van der Waals surface area (Å²) in [6.07, 6.45) is 2.51. The molecule has 3 N–H and O–H groups in total. The third-order valence-electron chi connectivity index (χ3n) is 4.65. The maximum absolute atomic E-state index is 12.1. The van der Waals surface area contributed by atoms with E-state index in [4.69, 9.17) is 0 Å². The van der Waals surface area contributed by atoms with Crippen LogP contribution >= 0.6 is 0 Å². The number of aliphatic hydroxyl groups is 1. The van der Waals surface area contributed by atoms with E-state index in [-0.39, 0.29) is 5.91 Å². The molecule has 1 aliphatic rings. The van der Waals surface area contributed by atoms with Gasteiger partial charge in [0.1, 0.15) is 0 Å². The normalized spacial score (nSPS) is 18.7. The largest absolute Gasteiger partial charge is 0.389 e. The molecule has 1 amide bonds. The number of aliphatic hydroxyl groups excluding tert-OH is 1. The molecule has 122 valence electrons. The minimum absolute atomic E-state index is 0.130. The lowest BCUT2D eigenvalue weighted by molar-refractivity contribution is -0.122. The van der Waals surface area contributed by atoms with Gasteiger partial charge in [-0.25, -0.2) is 0 Å². The number of nitrogens with one attached hydrogen (secondary N) is 2. The molecule has 4 nitrogen and oxygen atoms in total. The van der Waals surface area contributed by atoms with E-state index in [0.717, 1.165) is 24.2 Å². The van der Waals surface area contributed by atoms with Crippen LogP contribution in [0.5, 0.6) is 0 Å². The van der Waals surface area contributed by atoms with Crippen molar-refractivity contribution in [2.45, 2.75) is 45.8 Å². The third kappa shape index (κ3) is 5.11. The Morgan fingerprint density at radius 1 is 1.27 bits per heavy atom. The van der Waals surface area contributed by atoms with Crippen molar-refractivity contribution in [1.29, 1.82) is 0 Å². The van der Waals surface area contributed by atoms with Crippen LogP contribution in [0.25, 0.3) is 0 Å². The third-order valence-corrected chi connectivity index (χ3v) is 4.65. The van der Waals surface area contributed by atoms with Crippen LogP contribution in [-0.4, -0.2) is 24.1 Å². The van der Waals surface area contributed by atoms with Gasteiger partial charge in [-0.1, -0.05) is 31.2 Å². The Morgan fingerprint density at radius 2 is 1.91 bits per heavy atom. The first-order valence-electron chi connectivity index (χ1n) is 8.30. The number of carbonyl (C=O) groups excluding carboxylic acids is 1. The average molecular weight is 304 g/mol. The van der Waals surface area contributed by atoms with Gasteiger partial charge >= 0.3 is 0 Å². The van der Waals surface area contributed by atoms with E-state index in [0.29, 0.717) is 24.8 Å². The van der Waals surface area contributed by atoms with E-state index >= 15 is 0 Å². The standard InChI is InChI=1S/C18H28N2O2/c1-13(16-7-9-19-10-8-16)11-18(22)20-12-15-3-5-17(6-4-15)14(2)21/h3-6,13-14,16,19,21H,7-12H2,1-2H3,(H,20,22). The highest BCUT2D eigenvalue weighted by Crippen LogP contribution is 2.24. The molecule has 0 aromatic heterocycles. The van der Waals surface area contributed by atoms with Crippen LogP contribution in [0.4, 0.5) is 0 Å². The summed E-state index contributed by atoms with van der Waals surface area (Å²) in [5, 5.41) is 15.8. The summed E-state index contributed by atoms with van der Waals surface area (Å²) >= 11 is 0. The minimum atomic E-state index is -0.450. The molecule has 1 saturated heterocycles. The van der Waals surface area contributed by atoms with Crippen molar-refractivity contribution in [3.05, 3.63) is 35.4 Å². The fourth-order valence-electron chi connectivity index (χ4n) is 3.06. The van der Waals surface area contributed by atoms with Crippen molar-refractivity contribution in [2.24, 2.45) is 11.8 Å². The van der Waals surface area contributed by atoms with Crippen molar-refractivity contribution >= 4 is 5.91 Å². The molecule has 0 saturated carbocycles. The summed E-state index contributed by atoms with van der Waals surface area (Å²) in [7, 11) is 0. The van der Waals surface area contributed by atoms with E-state index in [2.05, 4.69) is 17.6 Å². The summed E-state index contributed by atoms with van der Waals surface area (Å²) < 4.78 is 0. The first-order chi connectivity index (χ1) is 10.6. The number of piperidine rings is 1. The summed E-state index contributed by atoms with van der Waals surface area (Å²) in [6.45, 7) is 6.64. The predicted molar refractivity (Wildman–Crippen MR) is 88.3 cm³/mol. The number of amides is 1. The first kappa shape index (κ1) is 17.0. The number of hydrogen-bond acceptors (Lipinski definition) is 3. The van der Waals surface area contributed by atoms with Gasteiger partial charge in [-0.3, -0.25) is 4.79 Å². The topological polar surface area (TPSA) is 61.4 Å². The lowest BCUT2D eigenvalue weighted by atomic mass is 9.84. The van der Waals surface area contributed by atoms with Crippen LogP contribution in [0.15, 0.2) is 24.3 Å². The smallest absolute Gasteiger partial charge is 0.220 e. The summed E-state index contributed by atoms with van der Waals surface area (Å²) in [5.74, 6) is 1.24. The van der Waals surface area contributed by atoms with E-state index in [9.17, 15) is 9.90 Å². The minimum Gasteiger partial charge on any atom is -0.389 e. The zero-order valence-corrected chi connectivity index (χ0v) is 13.6. The average Bonchev–Trinajstić information content (AvgIpc) is 2.54. The molecule has 22 heavy (non-hydrogen) atoms. The Balaban J connectivity index is 1.74. The number of carbonyl (C=O) groups is 1. The van der Waals surface area contributed by atoms with Gasteiger partial charge in [0.15, 0.2) is 0 Å². The monoisotopic (exact) mass is 304 g/mol. The number of rotatable bonds is 6. The SMILES string of the molecule is CC(O)c1ccc(CNC(=O)CC(C)C2CCNCC2)cc1. The van der Waals surface area contributed by atoms with Crippen LogP contribution in [0.2, 0.25) is 0 Å². The van der Waals surface area contributed by atoms with Gasteiger partial charge in [0.05, 0.1) is 6.10 Å². The van der Waals surface area contributed by atoms with Gasteiger partial charge < -0.3 is 15.7 Å². The van der Waals surface area contributed by atoms with E-state index in [1.54, 1.807) is 6.92 Å². The van der Waals surface area contributed by atoms with Crippen molar-refractivity contribution in [1.82, 2.24) is 10.6 Å². The molecule has 0 aliphatic carbocycles. The van der Waals surface area contributed by atoms with E-state index < -0.39 is 6.10 Å². The second-order valence-electron chi connectivity index (χ2n) is 6.46. The van der Waals surface area contributed by atoms with Gasteiger partial charge in [0, 0.05) is 13.0 Å². The fourth-order valence-corrected chi connectivity index (χ4v) is 3.06. The molecule has 1 aromatic rings. The van der Waals surface area contributed by atoms with Gasteiger partial charge in [-0.15, -0.1) is 0 Å². The highest BCUT2D eigenvalue weighted by Gasteiger charge is 2.21. The molecule has 1 aromatic carbocycles. The lowest BCUT2D eigenvalue weighted by Gasteiger charge is -2.27. The fraction of sp³-hybridized carbons (Fsp3) is 0.611. The van der Waals surface area contributed by atoms with Crippen LogP contribution < -0.4 is 10.6 Å². The summed E-state index contributed by atoms with van der Waals surface area (Å²) in [5.41, 5.74) is 1.96. The zero-order chi connectivity index (χ0) is 15.9. The van der Waals surface area contributed by atoms with Crippen molar-refractivity contribution in [3.8, 4) is 0 Å². The second-order valence-corrected chi connectivity index (χ2v) is 6.46. The lowest BCUT2D eigenvalue weighted by Crippen LogP contribution is -2.33. The van der Waals surface area contributed by atoms with Gasteiger partial charge in [-0.2, -0.15) is 0 Å². The zero-order valence-electron chi connectivity index (χ0n) is 13.6. The molecule has 4 heteroatoms. The maximum Gasteiger partial charge on any atom is 0.220 e. The van der Waals surface area contributed by atoms with Crippen LogP contribution in [0.1, 0.15) is 50.3 Å². The molecule has 1 heterocycles. The highest BCUT2D eigenvalue weighted by molar-refractivity contribution is 5.76. The van der Waals surface area contributed by atoms with Crippen molar-refractivity contribution in [3.63, 3.8) is 0 Å². The Labute approximate surface area is 133 Å². The molecule has 2 atom stereocenters. The molecule has 2 rings (SSSR count). The van der Waals surface area contributed by atoms with Gasteiger partial charge in [0.2, 0.25) is 5.91 Å². The Morgan fingerprint density at radius 3 is 2.50 bits per heavy atom. The molecular weight excluding hydrogens is 276 g/mol. The van der Waals surface area contributed by atoms with Crippen LogP contribution in [0.3, 0.4) is 0 Å². The van der Waals surface area contributed by atoms with Gasteiger partial charge in [-0.05, 0) is 55.8 Å². The van der Waals surface area contributed by atoms with Gasteiger partial charge in [0.25, 0.3) is 0 Å². The number of hydrogen-bond donors (Lipinski definition) is 3. The molecule has 0 bridgehead atoms. The molecule has 0 radical (unpaired) electrons.